The van der Waals surface area contributed by atoms with Gasteiger partial charge in [0.05, 0.1) is 0 Å². The second kappa shape index (κ2) is 6.78. The number of hydrogen-bond acceptors (Lipinski definition) is 2. The first-order valence-electron chi connectivity index (χ1n) is 7.72. The molecule has 2 rings (SSSR count). The fourth-order valence-corrected chi connectivity index (χ4v) is 3.05. The van der Waals surface area contributed by atoms with Gasteiger partial charge >= 0.3 is 0 Å². The maximum Gasteiger partial charge on any atom is 0.251 e. The van der Waals surface area contributed by atoms with Crippen molar-refractivity contribution >= 4 is 11.6 Å². The van der Waals surface area contributed by atoms with Gasteiger partial charge in [-0.2, -0.15) is 0 Å². The number of hydrogen-bond donors (Lipinski definition) is 2. The summed E-state index contributed by atoms with van der Waals surface area (Å²) in [7, 11) is 0. The molecule has 1 amide bonds. The minimum absolute atomic E-state index is 0.0127. The molecule has 20 heavy (non-hydrogen) atoms. The van der Waals surface area contributed by atoms with Gasteiger partial charge in [0.1, 0.15) is 0 Å². The summed E-state index contributed by atoms with van der Waals surface area (Å²) in [6.45, 7) is 4.52. The molecule has 0 radical (unpaired) electrons. The first-order valence-corrected chi connectivity index (χ1v) is 7.72. The molecule has 1 fully saturated rings. The molecule has 0 aliphatic heterocycles. The summed E-state index contributed by atoms with van der Waals surface area (Å²) in [5.74, 6) is 1.39. The van der Waals surface area contributed by atoms with Crippen molar-refractivity contribution in [2.45, 2.75) is 52.0 Å². The van der Waals surface area contributed by atoms with Crippen molar-refractivity contribution in [1.82, 2.24) is 5.32 Å². The fourth-order valence-electron chi connectivity index (χ4n) is 3.05. The first-order chi connectivity index (χ1) is 9.56. The molecule has 0 saturated heterocycles. The molecule has 110 valence electrons. The second-order valence-corrected chi connectivity index (χ2v) is 6.37. The van der Waals surface area contributed by atoms with Gasteiger partial charge in [-0.1, -0.05) is 32.8 Å². The molecule has 1 saturated carbocycles. The Labute approximate surface area is 121 Å². The molecule has 2 unspecified atom stereocenters. The van der Waals surface area contributed by atoms with Crippen molar-refractivity contribution in [1.29, 1.82) is 0 Å². The fraction of sp³-hybridized carbons (Fsp3) is 0.588. The van der Waals surface area contributed by atoms with Gasteiger partial charge in [0, 0.05) is 17.3 Å². The van der Waals surface area contributed by atoms with Crippen molar-refractivity contribution in [3.63, 3.8) is 0 Å². The van der Waals surface area contributed by atoms with Crippen LogP contribution >= 0.6 is 0 Å². The Hall–Kier alpha value is -1.51. The SMILES string of the molecule is CC(C)CCC1CCCC1NC(=O)c1cccc(N)c1. The Balaban J connectivity index is 1.93. The largest absolute Gasteiger partial charge is 0.399 e. The molecule has 3 N–H and O–H groups in total. The summed E-state index contributed by atoms with van der Waals surface area (Å²) in [6, 6.07) is 7.53. The van der Waals surface area contributed by atoms with E-state index in [1.807, 2.05) is 12.1 Å². The molecule has 0 aromatic heterocycles. The highest BCUT2D eigenvalue weighted by atomic mass is 16.1. The third kappa shape index (κ3) is 3.99. The van der Waals surface area contributed by atoms with Crippen LogP contribution in [0.15, 0.2) is 24.3 Å². The van der Waals surface area contributed by atoms with Crippen LogP contribution in [-0.2, 0) is 0 Å². The number of nitrogen functional groups attached to an aromatic ring is 1. The molecule has 1 aliphatic carbocycles. The highest BCUT2D eigenvalue weighted by Crippen LogP contribution is 2.30. The van der Waals surface area contributed by atoms with Gasteiger partial charge in [0.15, 0.2) is 0 Å². The van der Waals surface area contributed by atoms with Gasteiger partial charge < -0.3 is 11.1 Å². The maximum absolute atomic E-state index is 12.3. The van der Waals surface area contributed by atoms with Gasteiger partial charge in [0.2, 0.25) is 0 Å². The maximum atomic E-state index is 12.3. The minimum atomic E-state index is 0.0127. The third-order valence-corrected chi connectivity index (χ3v) is 4.24. The normalized spacial score (nSPS) is 22.1. The molecule has 0 spiro atoms. The van der Waals surface area contributed by atoms with Crippen LogP contribution in [0.4, 0.5) is 5.69 Å². The Bertz CT molecular complexity index is 456. The summed E-state index contributed by atoms with van der Waals surface area (Å²) < 4.78 is 0. The van der Waals surface area contributed by atoms with Crippen LogP contribution in [0.5, 0.6) is 0 Å². The first kappa shape index (κ1) is 14.9. The van der Waals surface area contributed by atoms with Crippen molar-refractivity contribution in [3.05, 3.63) is 29.8 Å². The van der Waals surface area contributed by atoms with E-state index in [9.17, 15) is 4.79 Å². The smallest absolute Gasteiger partial charge is 0.251 e. The van der Waals surface area contributed by atoms with Crippen molar-refractivity contribution in [3.8, 4) is 0 Å². The van der Waals surface area contributed by atoms with Crippen LogP contribution in [0.25, 0.3) is 0 Å². The van der Waals surface area contributed by atoms with E-state index in [1.54, 1.807) is 12.1 Å². The van der Waals surface area contributed by atoms with Crippen LogP contribution < -0.4 is 11.1 Å². The topological polar surface area (TPSA) is 55.1 Å². The molecule has 0 heterocycles. The van der Waals surface area contributed by atoms with E-state index < -0.39 is 0 Å². The number of anilines is 1. The Morgan fingerprint density at radius 2 is 2.20 bits per heavy atom. The Morgan fingerprint density at radius 3 is 2.90 bits per heavy atom. The average molecular weight is 274 g/mol. The molecule has 3 heteroatoms. The Morgan fingerprint density at radius 1 is 1.40 bits per heavy atom. The summed E-state index contributed by atoms with van der Waals surface area (Å²) in [6.07, 6.45) is 6.05. The van der Waals surface area contributed by atoms with Gasteiger partial charge in [-0.3, -0.25) is 4.79 Å². The van der Waals surface area contributed by atoms with Crippen molar-refractivity contribution < 1.29 is 4.79 Å². The minimum Gasteiger partial charge on any atom is -0.399 e. The zero-order valence-corrected chi connectivity index (χ0v) is 12.6. The van der Waals surface area contributed by atoms with Gasteiger partial charge in [-0.25, -0.2) is 0 Å². The highest BCUT2D eigenvalue weighted by molar-refractivity contribution is 5.95. The number of carbonyl (C=O) groups excluding carboxylic acids is 1. The molecular weight excluding hydrogens is 248 g/mol. The number of nitrogens with two attached hydrogens (primary N) is 1. The van der Waals surface area contributed by atoms with Crippen LogP contribution in [0.1, 0.15) is 56.3 Å². The zero-order valence-electron chi connectivity index (χ0n) is 12.6. The quantitative estimate of drug-likeness (QED) is 0.806. The van der Waals surface area contributed by atoms with Crippen LogP contribution in [0.2, 0.25) is 0 Å². The number of rotatable bonds is 5. The highest BCUT2D eigenvalue weighted by Gasteiger charge is 2.28. The van der Waals surface area contributed by atoms with Crippen molar-refractivity contribution in [2.24, 2.45) is 11.8 Å². The zero-order chi connectivity index (χ0) is 14.5. The van der Waals surface area contributed by atoms with Crippen molar-refractivity contribution in [2.75, 3.05) is 5.73 Å². The number of amides is 1. The predicted octanol–water partition coefficient (Wildman–Crippen LogP) is 3.60. The number of nitrogens with one attached hydrogen (secondary N) is 1. The van der Waals surface area contributed by atoms with Crippen LogP contribution in [-0.4, -0.2) is 11.9 Å². The molecule has 1 aromatic carbocycles. The average Bonchev–Trinajstić information content (AvgIpc) is 2.83. The lowest BCUT2D eigenvalue weighted by Gasteiger charge is -2.22. The van der Waals surface area contributed by atoms with E-state index in [0.29, 0.717) is 23.2 Å². The van der Waals surface area contributed by atoms with E-state index in [4.69, 9.17) is 5.73 Å². The third-order valence-electron chi connectivity index (χ3n) is 4.24. The lowest BCUT2D eigenvalue weighted by molar-refractivity contribution is 0.0926. The van der Waals surface area contributed by atoms with E-state index >= 15 is 0 Å². The molecule has 0 bridgehead atoms. The van der Waals surface area contributed by atoms with E-state index in [-0.39, 0.29) is 5.91 Å². The van der Waals surface area contributed by atoms with Gasteiger partial charge in [-0.05, 0) is 49.3 Å². The lowest BCUT2D eigenvalue weighted by Crippen LogP contribution is -2.37. The van der Waals surface area contributed by atoms with Gasteiger partial charge in [-0.15, -0.1) is 0 Å². The standard InChI is InChI=1S/C17H26N2O/c1-12(2)9-10-13-5-4-8-16(13)19-17(20)14-6-3-7-15(18)11-14/h3,6-7,11-13,16H,4-5,8-10,18H2,1-2H3,(H,19,20). The van der Waals surface area contributed by atoms with E-state index in [1.165, 1.54) is 25.7 Å². The van der Waals surface area contributed by atoms with E-state index in [0.717, 1.165) is 12.3 Å². The van der Waals surface area contributed by atoms with Crippen LogP contribution in [0, 0.1) is 11.8 Å². The predicted molar refractivity (Wildman–Crippen MR) is 83.5 cm³/mol. The Kier molecular flexibility index (Phi) is 5.05. The van der Waals surface area contributed by atoms with Gasteiger partial charge in [0.25, 0.3) is 5.91 Å². The second-order valence-electron chi connectivity index (χ2n) is 6.37. The molecule has 2 atom stereocenters. The summed E-state index contributed by atoms with van der Waals surface area (Å²) in [4.78, 5) is 12.3. The monoisotopic (exact) mass is 274 g/mol. The molecular formula is C17H26N2O. The summed E-state index contributed by atoms with van der Waals surface area (Å²) >= 11 is 0. The summed E-state index contributed by atoms with van der Waals surface area (Å²) in [5.41, 5.74) is 7.04. The molecule has 1 aromatic rings. The van der Waals surface area contributed by atoms with E-state index in [2.05, 4.69) is 19.2 Å². The molecule has 1 aliphatic rings. The molecule has 3 nitrogen and oxygen atoms in total. The van der Waals surface area contributed by atoms with Crippen LogP contribution in [0.3, 0.4) is 0 Å². The number of carbonyl (C=O) groups is 1. The summed E-state index contributed by atoms with van der Waals surface area (Å²) in [5, 5.41) is 3.20. The number of benzene rings is 1. The lowest BCUT2D eigenvalue weighted by atomic mass is 9.93.